The Kier molecular flexibility index (Phi) is 9.04. The molecule has 1 aliphatic rings. The molecule has 1 fully saturated rings. The third-order valence-electron chi connectivity index (χ3n) is 4.25. The molecule has 0 spiro atoms. The number of hydrogen-bond acceptors (Lipinski definition) is 11. The Balaban J connectivity index is 2.17. The zero-order valence-electron chi connectivity index (χ0n) is 16.2. The van der Waals surface area contributed by atoms with Crippen molar-refractivity contribution in [3.63, 3.8) is 0 Å². The number of hydrogen-bond donors (Lipinski definition) is 4. The van der Waals surface area contributed by atoms with Gasteiger partial charge in [0.15, 0.2) is 6.29 Å². The number of benzene rings is 1. The van der Waals surface area contributed by atoms with Crippen LogP contribution in [0.4, 0.5) is 5.69 Å². The predicted molar refractivity (Wildman–Crippen MR) is 97.7 cm³/mol. The molecule has 164 valence electrons. The maximum Gasteiger partial charge on any atom is 0.331 e. The van der Waals surface area contributed by atoms with Crippen LogP contribution in [0.1, 0.15) is 0 Å². The molecular weight excluding hydrogens is 390 g/mol. The molecule has 11 heteroatoms. The molecule has 0 aliphatic carbocycles. The van der Waals surface area contributed by atoms with Crippen molar-refractivity contribution < 1.29 is 48.5 Å². The summed E-state index contributed by atoms with van der Waals surface area (Å²) in [4.78, 5) is 11.4. The maximum atomic E-state index is 11.4. The first-order valence-electron chi connectivity index (χ1n) is 8.87. The van der Waals surface area contributed by atoms with E-state index in [-0.39, 0.29) is 6.61 Å². The van der Waals surface area contributed by atoms with Gasteiger partial charge in [-0.1, -0.05) is 0 Å². The van der Waals surface area contributed by atoms with Crippen molar-refractivity contribution in [3.05, 3.63) is 24.3 Å². The average molecular weight is 417 g/mol. The van der Waals surface area contributed by atoms with E-state index < -0.39 is 56.2 Å². The van der Waals surface area contributed by atoms with Gasteiger partial charge < -0.3 is 49.5 Å². The van der Waals surface area contributed by atoms with E-state index >= 15 is 0 Å². The third kappa shape index (κ3) is 6.51. The van der Waals surface area contributed by atoms with Crippen LogP contribution in [0.5, 0.6) is 5.75 Å². The lowest BCUT2D eigenvalue weighted by molar-refractivity contribution is -0.299. The van der Waals surface area contributed by atoms with Crippen molar-refractivity contribution >= 4 is 11.7 Å². The highest BCUT2D eigenvalue weighted by Crippen LogP contribution is 2.28. The number of anilines is 1. The molecule has 0 bridgehead atoms. The smallest absolute Gasteiger partial charge is 0.331 e. The number of carbonyl (C=O) groups is 1. The summed E-state index contributed by atoms with van der Waals surface area (Å²) in [5, 5.41) is 30.1. The third-order valence-corrected chi connectivity index (χ3v) is 4.25. The molecule has 6 atom stereocenters. The van der Waals surface area contributed by atoms with Crippen molar-refractivity contribution in [2.24, 2.45) is 0 Å². The number of nitrogen functional groups attached to an aromatic ring is 1. The highest BCUT2D eigenvalue weighted by molar-refractivity contribution is 5.70. The Morgan fingerprint density at radius 1 is 1.21 bits per heavy atom. The van der Waals surface area contributed by atoms with E-state index in [4.69, 9.17) is 29.4 Å². The second kappa shape index (κ2) is 11.3. The molecule has 1 heterocycles. The van der Waals surface area contributed by atoms with Crippen LogP contribution in [0.2, 0.25) is 0 Å². The molecule has 29 heavy (non-hydrogen) atoms. The summed E-state index contributed by atoms with van der Waals surface area (Å²) in [6.45, 7) is -1.26. The quantitative estimate of drug-likeness (QED) is 0.202. The normalized spacial score (nSPS) is 28.0. The van der Waals surface area contributed by atoms with Crippen LogP contribution >= 0.6 is 0 Å². The minimum Gasteiger partial charge on any atom is -0.467 e. The van der Waals surface area contributed by atoms with E-state index in [1.165, 1.54) is 14.2 Å². The van der Waals surface area contributed by atoms with Crippen LogP contribution in [0.3, 0.4) is 0 Å². The van der Waals surface area contributed by atoms with Gasteiger partial charge in [-0.15, -0.1) is 0 Å². The van der Waals surface area contributed by atoms with E-state index in [0.717, 1.165) is 0 Å². The van der Waals surface area contributed by atoms with Gasteiger partial charge in [0.05, 0.1) is 20.3 Å². The number of esters is 1. The lowest BCUT2D eigenvalue weighted by Crippen LogP contribution is -2.62. The van der Waals surface area contributed by atoms with E-state index in [1.807, 2.05) is 0 Å². The molecule has 1 aliphatic heterocycles. The van der Waals surface area contributed by atoms with E-state index in [2.05, 4.69) is 4.74 Å². The first-order valence-corrected chi connectivity index (χ1v) is 8.87. The lowest BCUT2D eigenvalue weighted by atomic mass is 9.98. The molecule has 1 aromatic carbocycles. The van der Waals surface area contributed by atoms with Crippen LogP contribution < -0.4 is 10.5 Å². The molecular formula is C18H27NO10. The number of carbonyl (C=O) groups excluding carboxylic acids is 1. The van der Waals surface area contributed by atoms with Gasteiger partial charge >= 0.3 is 5.97 Å². The first kappa shape index (κ1) is 23.3. The van der Waals surface area contributed by atoms with Gasteiger partial charge in [-0.05, 0) is 24.3 Å². The van der Waals surface area contributed by atoms with Crippen molar-refractivity contribution in [2.75, 3.05) is 39.8 Å². The minimum absolute atomic E-state index is 0.303. The Bertz CT molecular complexity index is 628. The topological polar surface area (TPSA) is 159 Å². The van der Waals surface area contributed by atoms with E-state index in [0.29, 0.717) is 11.4 Å². The van der Waals surface area contributed by atoms with Gasteiger partial charge in [-0.25, -0.2) is 4.79 Å². The average Bonchev–Trinajstić information content (AvgIpc) is 2.73. The zero-order valence-corrected chi connectivity index (χ0v) is 16.2. The highest BCUT2D eigenvalue weighted by Gasteiger charge is 2.48. The molecule has 1 unspecified atom stereocenters. The number of ether oxygens (including phenoxy) is 6. The van der Waals surface area contributed by atoms with Crippen molar-refractivity contribution in [2.45, 2.75) is 37.0 Å². The number of rotatable bonds is 10. The maximum absolute atomic E-state index is 11.4. The summed E-state index contributed by atoms with van der Waals surface area (Å²) in [7, 11) is 2.48. The van der Waals surface area contributed by atoms with Gasteiger partial charge in [-0.2, -0.15) is 0 Å². The fourth-order valence-electron chi connectivity index (χ4n) is 2.70. The predicted octanol–water partition coefficient (Wildman–Crippen LogP) is -1.37. The number of methoxy groups -OCH3 is 2. The van der Waals surface area contributed by atoms with Gasteiger partial charge in [0.25, 0.3) is 0 Å². The molecule has 0 aromatic heterocycles. The van der Waals surface area contributed by atoms with Crippen LogP contribution in [0.25, 0.3) is 0 Å². The molecule has 5 N–H and O–H groups in total. The van der Waals surface area contributed by atoms with E-state index in [9.17, 15) is 20.1 Å². The standard InChI is InChI=1S/C18H27NO10/c1-24-13(21)8-26-16-12(7-20)29-18(28-11-5-3-10(19)4-6-11)15(23)17(16)27-9-14(22)25-2/h3-6,12,14-18,20,22-23H,7-9,19H2,1-2H3/t12-,14?,15+,16-,17-,18+/m1/s1. The summed E-state index contributed by atoms with van der Waals surface area (Å²) in [6, 6.07) is 6.39. The fraction of sp³-hybridized carbons (Fsp3) is 0.611. The van der Waals surface area contributed by atoms with Crippen LogP contribution in [-0.4, -0.2) is 92.3 Å². The Morgan fingerprint density at radius 3 is 2.48 bits per heavy atom. The monoisotopic (exact) mass is 417 g/mol. The Morgan fingerprint density at radius 2 is 1.90 bits per heavy atom. The van der Waals surface area contributed by atoms with Crippen molar-refractivity contribution in [1.82, 2.24) is 0 Å². The summed E-state index contributed by atoms with van der Waals surface area (Å²) in [5.74, 6) is -0.295. The molecule has 1 aromatic rings. The van der Waals surface area contributed by atoms with Crippen LogP contribution in [0, 0.1) is 0 Å². The lowest BCUT2D eigenvalue weighted by Gasteiger charge is -2.43. The molecule has 0 saturated carbocycles. The van der Waals surface area contributed by atoms with E-state index in [1.54, 1.807) is 24.3 Å². The summed E-state index contributed by atoms with van der Waals surface area (Å²) in [6.07, 6.45) is -7.03. The zero-order chi connectivity index (χ0) is 21.4. The summed E-state index contributed by atoms with van der Waals surface area (Å²) in [5.41, 5.74) is 6.17. The number of aliphatic hydroxyl groups is 3. The summed E-state index contributed by atoms with van der Waals surface area (Å²) >= 11 is 0. The molecule has 0 radical (unpaired) electrons. The molecule has 11 nitrogen and oxygen atoms in total. The van der Waals surface area contributed by atoms with Gasteiger partial charge in [-0.3, -0.25) is 0 Å². The van der Waals surface area contributed by atoms with Gasteiger partial charge in [0.2, 0.25) is 6.29 Å². The SMILES string of the molecule is COC(=O)CO[C@H]1[C@H](OCC(O)OC)[C@H](O)[C@@H](Oc2ccc(N)cc2)O[C@@H]1CO. The minimum atomic E-state index is -1.39. The summed E-state index contributed by atoms with van der Waals surface area (Å²) < 4.78 is 31.5. The Labute approximate surface area is 167 Å². The number of nitrogens with two attached hydrogens (primary N) is 1. The molecule has 0 amide bonds. The molecule has 2 rings (SSSR count). The van der Waals surface area contributed by atoms with Crippen molar-refractivity contribution in [3.8, 4) is 5.75 Å². The largest absolute Gasteiger partial charge is 0.467 e. The molecule has 1 saturated heterocycles. The highest BCUT2D eigenvalue weighted by atomic mass is 16.7. The first-order chi connectivity index (χ1) is 13.9. The van der Waals surface area contributed by atoms with Gasteiger partial charge in [0, 0.05) is 12.8 Å². The van der Waals surface area contributed by atoms with Crippen molar-refractivity contribution in [1.29, 1.82) is 0 Å². The second-order valence-electron chi connectivity index (χ2n) is 6.24. The second-order valence-corrected chi connectivity index (χ2v) is 6.24. The van der Waals surface area contributed by atoms with Crippen LogP contribution in [-0.2, 0) is 28.5 Å². The Hall–Kier alpha value is -1.99. The number of aliphatic hydroxyl groups excluding tert-OH is 3. The van der Waals surface area contributed by atoms with Crippen LogP contribution in [0.15, 0.2) is 24.3 Å². The van der Waals surface area contributed by atoms with Gasteiger partial charge in [0.1, 0.15) is 36.8 Å². The fourth-order valence-corrected chi connectivity index (χ4v) is 2.70.